The molecule has 0 aliphatic carbocycles. The minimum atomic E-state index is 0.146. The highest BCUT2D eigenvalue weighted by atomic mass is 16.5. The molecular formula is C11H22N2O2. The number of ether oxygens (including phenoxy) is 2. The van der Waals surface area contributed by atoms with Crippen molar-refractivity contribution >= 4 is 0 Å². The highest BCUT2D eigenvalue weighted by molar-refractivity contribution is 4.84. The van der Waals surface area contributed by atoms with Crippen LogP contribution in [0, 0.1) is 0 Å². The maximum atomic E-state index is 5.40. The van der Waals surface area contributed by atoms with Gasteiger partial charge in [0.05, 0.1) is 32.1 Å². The molecule has 0 spiro atoms. The Balaban J connectivity index is 1.96. The van der Waals surface area contributed by atoms with Crippen LogP contribution < -0.4 is 0 Å². The first-order valence-corrected chi connectivity index (χ1v) is 5.87. The highest BCUT2D eigenvalue weighted by Gasteiger charge is 2.34. The standard InChI is InChI=1S/C11H22N2O2/c1-11(2,12-3-7-14-8-4-12)13-5-9-15-10-6-13/h3-10H2,1-2H3. The van der Waals surface area contributed by atoms with Crippen molar-refractivity contribution in [2.45, 2.75) is 19.5 Å². The van der Waals surface area contributed by atoms with Gasteiger partial charge >= 0.3 is 0 Å². The molecule has 0 aromatic rings. The molecule has 0 radical (unpaired) electrons. The summed E-state index contributed by atoms with van der Waals surface area (Å²) in [5, 5.41) is 0. The van der Waals surface area contributed by atoms with Crippen molar-refractivity contribution in [3.8, 4) is 0 Å². The summed E-state index contributed by atoms with van der Waals surface area (Å²) in [7, 11) is 0. The monoisotopic (exact) mass is 214 g/mol. The Morgan fingerprint density at radius 2 is 1.07 bits per heavy atom. The van der Waals surface area contributed by atoms with Crippen molar-refractivity contribution < 1.29 is 9.47 Å². The maximum absolute atomic E-state index is 5.40. The fourth-order valence-electron chi connectivity index (χ4n) is 2.42. The van der Waals surface area contributed by atoms with Crippen LogP contribution in [0.5, 0.6) is 0 Å². The molecule has 2 heterocycles. The fraction of sp³-hybridized carbons (Fsp3) is 1.00. The molecule has 4 nitrogen and oxygen atoms in total. The summed E-state index contributed by atoms with van der Waals surface area (Å²) >= 11 is 0. The van der Waals surface area contributed by atoms with Crippen molar-refractivity contribution in [1.82, 2.24) is 9.80 Å². The van der Waals surface area contributed by atoms with Crippen LogP contribution in [0.3, 0.4) is 0 Å². The Kier molecular flexibility index (Phi) is 3.61. The summed E-state index contributed by atoms with van der Waals surface area (Å²) in [6.45, 7) is 12.3. The highest BCUT2D eigenvalue weighted by Crippen LogP contribution is 2.22. The van der Waals surface area contributed by atoms with E-state index in [4.69, 9.17) is 9.47 Å². The van der Waals surface area contributed by atoms with Gasteiger partial charge in [0.15, 0.2) is 0 Å². The molecule has 0 saturated carbocycles. The van der Waals surface area contributed by atoms with Gasteiger partial charge in [0.25, 0.3) is 0 Å². The number of hydrogen-bond acceptors (Lipinski definition) is 4. The molecule has 2 fully saturated rings. The molecule has 0 aromatic carbocycles. The third kappa shape index (κ3) is 2.50. The Bertz CT molecular complexity index is 177. The van der Waals surface area contributed by atoms with Gasteiger partial charge in [-0.1, -0.05) is 0 Å². The van der Waals surface area contributed by atoms with Crippen LogP contribution in [-0.2, 0) is 9.47 Å². The van der Waals surface area contributed by atoms with E-state index in [1.807, 2.05) is 0 Å². The zero-order chi connectivity index (χ0) is 10.7. The molecule has 4 heteroatoms. The van der Waals surface area contributed by atoms with E-state index in [1.165, 1.54) is 0 Å². The molecule has 0 atom stereocenters. The van der Waals surface area contributed by atoms with Gasteiger partial charge in [-0.3, -0.25) is 9.80 Å². The summed E-state index contributed by atoms with van der Waals surface area (Å²) in [6.07, 6.45) is 0. The third-order valence-electron chi connectivity index (χ3n) is 3.57. The largest absolute Gasteiger partial charge is 0.379 e. The molecular weight excluding hydrogens is 192 g/mol. The molecule has 0 N–H and O–H groups in total. The third-order valence-corrected chi connectivity index (χ3v) is 3.57. The zero-order valence-electron chi connectivity index (χ0n) is 9.87. The van der Waals surface area contributed by atoms with E-state index in [9.17, 15) is 0 Å². The summed E-state index contributed by atoms with van der Waals surface area (Å²) < 4.78 is 10.8. The van der Waals surface area contributed by atoms with Gasteiger partial charge in [-0.2, -0.15) is 0 Å². The quantitative estimate of drug-likeness (QED) is 0.664. The molecule has 2 aliphatic rings. The van der Waals surface area contributed by atoms with Gasteiger partial charge < -0.3 is 9.47 Å². The second-order valence-corrected chi connectivity index (χ2v) is 4.69. The average Bonchev–Trinajstić information content (AvgIpc) is 2.31. The first kappa shape index (κ1) is 11.3. The Labute approximate surface area is 92.1 Å². The fourth-order valence-corrected chi connectivity index (χ4v) is 2.42. The second kappa shape index (κ2) is 4.78. The van der Waals surface area contributed by atoms with Crippen molar-refractivity contribution in [1.29, 1.82) is 0 Å². The van der Waals surface area contributed by atoms with Gasteiger partial charge in [0.1, 0.15) is 0 Å². The van der Waals surface area contributed by atoms with E-state index in [-0.39, 0.29) is 5.66 Å². The minimum absolute atomic E-state index is 0.146. The minimum Gasteiger partial charge on any atom is -0.379 e. The number of nitrogens with zero attached hydrogens (tertiary/aromatic N) is 2. The van der Waals surface area contributed by atoms with Crippen molar-refractivity contribution in [2.24, 2.45) is 0 Å². The Hall–Kier alpha value is -0.160. The first-order chi connectivity index (χ1) is 7.21. The first-order valence-electron chi connectivity index (χ1n) is 5.87. The number of morpholine rings is 2. The molecule has 2 aliphatic heterocycles. The Morgan fingerprint density at radius 1 is 0.733 bits per heavy atom. The summed E-state index contributed by atoms with van der Waals surface area (Å²) in [6, 6.07) is 0. The molecule has 2 rings (SSSR count). The lowest BCUT2D eigenvalue weighted by molar-refractivity contribution is -0.110. The van der Waals surface area contributed by atoms with Crippen LogP contribution in [0.4, 0.5) is 0 Å². The van der Waals surface area contributed by atoms with E-state index in [2.05, 4.69) is 23.6 Å². The summed E-state index contributed by atoms with van der Waals surface area (Å²) in [5.41, 5.74) is 0.146. The van der Waals surface area contributed by atoms with Gasteiger partial charge in [-0.15, -0.1) is 0 Å². The van der Waals surface area contributed by atoms with Crippen LogP contribution in [-0.4, -0.2) is 68.1 Å². The molecule has 0 aromatic heterocycles. The second-order valence-electron chi connectivity index (χ2n) is 4.69. The van der Waals surface area contributed by atoms with Crippen molar-refractivity contribution in [3.63, 3.8) is 0 Å². The van der Waals surface area contributed by atoms with Crippen molar-refractivity contribution in [3.05, 3.63) is 0 Å². The van der Waals surface area contributed by atoms with Gasteiger partial charge in [0, 0.05) is 26.2 Å². The number of rotatable bonds is 2. The zero-order valence-corrected chi connectivity index (χ0v) is 9.87. The van der Waals surface area contributed by atoms with Crippen LogP contribution >= 0.6 is 0 Å². The predicted octanol–water partition coefficient (Wildman–Crippen LogP) is 0.387. The topological polar surface area (TPSA) is 24.9 Å². The molecule has 2 saturated heterocycles. The molecule has 0 bridgehead atoms. The summed E-state index contributed by atoms with van der Waals surface area (Å²) in [4.78, 5) is 5.03. The smallest absolute Gasteiger partial charge is 0.0682 e. The Morgan fingerprint density at radius 3 is 1.40 bits per heavy atom. The lowest BCUT2D eigenvalue weighted by Gasteiger charge is -2.49. The van der Waals surface area contributed by atoms with E-state index < -0.39 is 0 Å². The lowest BCUT2D eigenvalue weighted by Crippen LogP contribution is -2.61. The van der Waals surface area contributed by atoms with Crippen molar-refractivity contribution in [2.75, 3.05) is 52.6 Å². The number of hydrogen-bond donors (Lipinski definition) is 0. The van der Waals surface area contributed by atoms with E-state index in [0.717, 1.165) is 52.6 Å². The van der Waals surface area contributed by atoms with Crippen LogP contribution in [0.15, 0.2) is 0 Å². The normalized spacial score (nSPS) is 26.8. The molecule has 15 heavy (non-hydrogen) atoms. The molecule has 0 amide bonds. The van der Waals surface area contributed by atoms with Gasteiger partial charge in [-0.25, -0.2) is 0 Å². The van der Waals surface area contributed by atoms with E-state index >= 15 is 0 Å². The lowest BCUT2D eigenvalue weighted by atomic mass is 10.1. The molecule has 0 unspecified atom stereocenters. The van der Waals surface area contributed by atoms with Crippen LogP contribution in [0.2, 0.25) is 0 Å². The SMILES string of the molecule is CC(C)(N1CCOCC1)N1CCOCC1. The van der Waals surface area contributed by atoms with Crippen LogP contribution in [0.25, 0.3) is 0 Å². The maximum Gasteiger partial charge on any atom is 0.0682 e. The predicted molar refractivity (Wildman–Crippen MR) is 58.9 cm³/mol. The van der Waals surface area contributed by atoms with Crippen LogP contribution in [0.1, 0.15) is 13.8 Å². The molecule has 88 valence electrons. The van der Waals surface area contributed by atoms with Gasteiger partial charge in [0.2, 0.25) is 0 Å². The average molecular weight is 214 g/mol. The van der Waals surface area contributed by atoms with Gasteiger partial charge in [-0.05, 0) is 13.8 Å². The van der Waals surface area contributed by atoms with E-state index in [0.29, 0.717) is 0 Å². The van der Waals surface area contributed by atoms with E-state index in [1.54, 1.807) is 0 Å². The summed E-state index contributed by atoms with van der Waals surface area (Å²) in [5.74, 6) is 0.